The minimum atomic E-state index is 0.184. The molecular weight excluding hydrogens is 138 g/mol. The van der Waals surface area contributed by atoms with Crippen molar-refractivity contribution in [3.05, 3.63) is 12.2 Å². The van der Waals surface area contributed by atoms with Crippen molar-refractivity contribution < 1.29 is 4.79 Å². The summed E-state index contributed by atoms with van der Waals surface area (Å²) in [6, 6.07) is 0.296. The Labute approximate surface area is 67.7 Å². The first-order chi connectivity index (χ1) is 5.18. The van der Waals surface area contributed by atoms with Crippen molar-refractivity contribution in [2.75, 3.05) is 0 Å². The van der Waals surface area contributed by atoms with E-state index < -0.39 is 0 Å². The van der Waals surface area contributed by atoms with E-state index in [4.69, 9.17) is 0 Å². The largest absolute Gasteiger partial charge is 0.350 e. The number of nitrogens with one attached hydrogen (secondary N) is 1. The highest BCUT2D eigenvalue weighted by Crippen LogP contribution is 2.08. The molecule has 2 heteroatoms. The van der Waals surface area contributed by atoms with Gasteiger partial charge >= 0.3 is 0 Å². The maximum Gasteiger partial charge on any atom is 0.220 e. The van der Waals surface area contributed by atoms with E-state index in [1.807, 2.05) is 0 Å². The highest BCUT2D eigenvalue weighted by Gasteiger charge is 2.17. The molecule has 0 aromatic rings. The smallest absolute Gasteiger partial charge is 0.220 e. The van der Waals surface area contributed by atoms with Crippen LogP contribution in [-0.2, 0) is 4.79 Å². The van der Waals surface area contributed by atoms with Gasteiger partial charge in [-0.2, -0.15) is 0 Å². The van der Waals surface area contributed by atoms with Crippen LogP contribution >= 0.6 is 0 Å². The van der Waals surface area contributed by atoms with Crippen LogP contribution in [0.15, 0.2) is 12.2 Å². The molecule has 62 valence electrons. The average Bonchev–Trinajstić information content (AvgIpc) is 2.31. The highest BCUT2D eigenvalue weighted by atomic mass is 16.1. The molecule has 0 aliphatic carbocycles. The zero-order valence-electron chi connectivity index (χ0n) is 7.13. The number of allylic oxidation sites excluding steroid dienone is 1. The highest BCUT2D eigenvalue weighted by molar-refractivity contribution is 5.78. The summed E-state index contributed by atoms with van der Waals surface area (Å²) in [6.07, 6.45) is 5.88. The minimum absolute atomic E-state index is 0.184. The van der Waals surface area contributed by atoms with Gasteiger partial charge in [-0.1, -0.05) is 26.0 Å². The van der Waals surface area contributed by atoms with Crippen molar-refractivity contribution in [1.29, 1.82) is 0 Å². The van der Waals surface area contributed by atoms with Gasteiger partial charge in [0, 0.05) is 12.5 Å². The van der Waals surface area contributed by atoms with E-state index in [9.17, 15) is 4.79 Å². The Hall–Kier alpha value is -0.790. The van der Waals surface area contributed by atoms with Gasteiger partial charge in [-0.05, 0) is 12.3 Å². The van der Waals surface area contributed by atoms with Gasteiger partial charge in [0.05, 0.1) is 0 Å². The zero-order valence-corrected chi connectivity index (χ0v) is 7.13. The second-order valence-electron chi connectivity index (χ2n) is 3.34. The second-order valence-corrected chi connectivity index (χ2v) is 3.34. The summed E-state index contributed by atoms with van der Waals surface area (Å²) in [5, 5.41) is 2.88. The van der Waals surface area contributed by atoms with Gasteiger partial charge in [0.15, 0.2) is 0 Å². The van der Waals surface area contributed by atoms with Gasteiger partial charge in [0.2, 0.25) is 5.91 Å². The van der Waals surface area contributed by atoms with Crippen LogP contribution in [0.5, 0.6) is 0 Å². The van der Waals surface area contributed by atoms with Gasteiger partial charge < -0.3 is 5.32 Å². The first-order valence-corrected chi connectivity index (χ1v) is 4.16. The van der Waals surface area contributed by atoms with E-state index in [0.29, 0.717) is 18.4 Å². The van der Waals surface area contributed by atoms with Crippen LogP contribution in [-0.4, -0.2) is 11.9 Å². The number of carbonyl (C=O) groups excluding carboxylic acids is 1. The third-order valence-electron chi connectivity index (χ3n) is 1.76. The SMILES string of the molecule is CC(C)/C=C/C1CCC(=O)N1. The second kappa shape index (κ2) is 3.56. The third-order valence-corrected chi connectivity index (χ3v) is 1.76. The van der Waals surface area contributed by atoms with Crippen molar-refractivity contribution in [3.63, 3.8) is 0 Å². The molecule has 1 aliphatic heterocycles. The normalized spacial score (nSPS) is 25.0. The van der Waals surface area contributed by atoms with E-state index in [-0.39, 0.29) is 5.91 Å². The molecule has 0 saturated carbocycles. The maximum absolute atomic E-state index is 10.8. The Balaban J connectivity index is 2.33. The van der Waals surface area contributed by atoms with Gasteiger partial charge in [-0.25, -0.2) is 0 Å². The summed E-state index contributed by atoms with van der Waals surface area (Å²) in [5.74, 6) is 0.760. The first-order valence-electron chi connectivity index (χ1n) is 4.16. The number of amides is 1. The Kier molecular flexibility index (Phi) is 2.69. The number of rotatable bonds is 2. The Morgan fingerprint density at radius 1 is 1.64 bits per heavy atom. The maximum atomic E-state index is 10.8. The standard InChI is InChI=1S/C9H15NO/c1-7(2)3-4-8-5-6-9(11)10-8/h3-4,7-8H,5-6H2,1-2H3,(H,10,11)/b4-3+. The van der Waals surface area contributed by atoms with Crippen molar-refractivity contribution in [2.45, 2.75) is 32.7 Å². The summed E-state index contributed by atoms with van der Waals surface area (Å²) in [4.78, 5) is 10.8. The van der Waals surface area contributed by atoms with Crippen LogP contribution in [0.1, 0.15) is 26.7 Å². The monoisotopic (exact) mass is 153 g/mol. The molecule has 11 heavy (non-hydrogen) atoms. The van der Waals surface area contributed by atoms with E-state index >= 15 is 0 Å². The molecule has 1 N–H and O–H groups in total. The molecule has 1 rings (SSSR count). The minimum Gasteiger partial charge on any atom is -0.350 e. The van der Waals surface area contributed by atoms with Crippen LogP contribution in [0.25, 0.3) is 0 Å². The summed E-state index contributed by atoms with van der Waals surface area (Å²) >= 11 is 0. The number of hydrogen-bond acceptors (Lipinski definition) is 1. The summed E-state index contributed by atoms with van der Waals surface area (Å²) in [5.41, 5.74) is 0. The van der Waals surface area contributed by atoms with E-state index in [2.05, 4.69) is 31.3 Å². The molecule has 0 aromatic heterocycles. The van der Waals surface area contributed by atoms with Crippen LogP contribution in [0, 0.1) is 5.92 Å². The molecular formula is C9H15NO. The van der Waals surface area contributed by atoms with Crippen LogP contribution < -0.4 is 5.32 Å². The molecule has 1 aliphatic rings. The van der Waals surface area contributed by atoms with Gasteiger partial charge in [-0.3, -0.25) is 4.79 Å². The molecule has 1 amide bonds. The van der Waals surface area contributed by atoms with Gasteiger partial charge in [0.25, 0.3) is 0 Å². The Morgan fingerprint density at radius 3 is 2.82 bits per heavy atom. The predicted octanol–water partition coefficient (Wildman–Crippen LogP) is 1.48. The van der Waals surface area contributed by atoms with E-state index in [1.165, 1.54) is 0 Å². The molecule has 0 radical (unpaired) electrons. The summed E-state index contributed by atoms with van der Waals surface area (Å²) in [7, 11) is 0. The fourth-order valence-corrected chi connectivity index (χ4v) is 1.14. The van der Waals surface area contributed by atoms with Crippen molar-refractivity contribution >= 4 is 5.91 Å². The topological polar surface area (TPSA) is 29.1 Å². The summed E-state index contributed by atoms with van der Waals surface area (Å²) < 4.78 is 0. The fourth-order valence-electron chi connectivity index (χ4n) is 1.14. The van der Waals surface area contributed by atoms with Gasteiger partial charge in [0.1, 0.15) is 0 Å². The molecule has 0 aromatic carbocycles. The quantitative estimate of drug-likeness (QED) is 0.598. The zero-order chi connectivity index (χ0) is 8.27. The predicted molar refractivity (Wildman–Crippen MR) is 45.1 cm³/mol. The molecule has 0 bridgehead atoms. The lowest BCUT2D eigenvalue weighted by Crippen LogP contribution is -2.23. The molecule has 1 atom stereocenters. The lowest BCUT2D eigenvalue weighted by atomic mass is 10.1. The summed E-state index contributed by atoms with van der Waals surface area (Å²) in [6.45, 7) is 4.26. The molecule has 2 nitrogen and oxygen atoms in total. The van der Waals surface area contributed by atoms with Crippen molar-refractivity contribution in [1.82, 2.24) is 5.32 Å². The lowest BCUT2D eigenvalue weighted by Gasteiger charge is -2.02. The van der Waals surface area contributed by atoms with Crippen LogP contribution in [0.3, 0.4) is 0 Å². The molecule has 1 heterocycles. The van der Waals surface area contributed by atoms with Crippen LogP contribution in [0.2, 0.25) is 0 Å². The van der Waals surface area contributed by atoms with Gasteiger partial charge in [-0.15, -0.1) is 0 Å². The molecule has 1 fully saturated rings. The Bertz CT molecular complexity index is 172. The lowest BCUT2D eigenvalue weighted by molar-refractivity contribution is -0.119. The number of hydrogen-bond donors (Lipinski definition) is 1. The molecule has 1 unspecified atom stereocenters. The first kappa shape index (κ1) is 8.31. The fraction of sp³-hybridized carbons (Fsp3) is 0.667. The number of carbonyl (C=O) groups is 1. The third kappa shape index (κ3) is 2.74. The molecule has 0 spiro atoms. The van der Waals surface area contributed by atoms with Crippen LogP contribution in [0.4, 0.5) is 0 Å². The average molecular weight is 153 g/mol. The Morgan fingerprint density at radius 2 is 2.36 bits per heavy atom. The van der Waals surface area contributed by atoms with Crippen molar-refractivity contribution in [2.24, 2.45) is 5.92 Å². The van der Waals surface area contributed by atoms with E-state index in [0.717, 1.165) is 6.42 Å². The van der Waals surface area contributed by atoms with E-state index in [1.54, 1.807) is 0 Å². The molecule has 1 saturated heterocycles. The van der Waals surface area contributed by atoms with Crippen molar-refractivity contribution in [3.8, 4) is 0 Å².